The van der Waals surface area contributed by atoms with Gasteiger partial charge in [0.15, 0.2) is 5.16 Å². The molecule has 0 N–H and O–H groups in total. The van der Waals surface area contributed by atoms with E-state index < -0.39 is 10.0 Å². The molecule has 1 saturated heterocycles. The van der Waals surface area contributed by atoms with Crippen molar-refractivity contribution >= 4 is 27.7 Å². The number of thioether (sulfide) groups is 1. The van der Waals surface area contributed by atoms with E-state index >= 15 is 0 Å². The smallest absolute Gasteiger partial charge is 0.243 e. The minimum Gasteiger partial charge on any atom is -0.339 e. The standard InChI is InChI=1S/C22H24N4O3S2/c1-24-20(18-8-4-2-5-9-18)16-23-22(24)30-17-21(27)25-12-14-26(15-13-25)31(28,29)19-10-6-3-7-11-19/h2-11,16H,12-15,17H2,1H3. The van der Waals surface area contributed by atoms with Crippen LogP contribution in [0.3, 0.4) is 0 Å². The molecule has 0 saturated carbocycles. The van der Waals surface area contributed by atoms with E-state index in [1.165, 1.54) is 16.1 Å². The lowest BCUT2D eigenvalue weighted by Gasteiger charge is -2.34. The van der Waals surface area contributed by atoms with Crippen molar-refractivity contribution < 1.29 is 13.2 Å². The molecule has 4 rings (SSSR count). The Morgan fingerprint density at radius 2 is 1.58 bits per heavy atom. The van der Waals surface area contributed by atoms with Crippen LogP contribution in [0.4, 0.5) is 0 Å². The minimum absolute atomic E-state index is 0.00831. The number of nitrogens with zero attached hydrogens (tertiary/aromatic N) is 4. The van der Waals surface area contributed by atoms with E-state index in [-0.39, 0.29) is 16.6 Å². The van der Waals surface area contributed by atoms with Crippen molar-refractivity contribution in [2.45, 2.75) is 10.1 Å². The van der Waals surface area contributed by atoms with E-state index in [4.69, 9.17) is 0 Å². The second-order valence-electron chi connectivity index (χ2n) is 7.24. The molecular weight excluding hydrogens is 432 g/mol. The highest BCUT2D eigenvalue weighted by Gasteiger charge is 2.30. The molecular formula is C22H24N4O3S2. The van der Waals surface area contributed by atoms with Crippen LogP contribution in [0.25, 0.3) is 11.3 Å². The molecule has 1 amide bonds. The Morgan fingerprint density at radius 3 is 2.23 bits per heavy atom. The lowest BCUT2D eigenvalue weighted by atomic mass is 10.2. The third-order valence-corrected chi connectivity index (χ3v) is 8.25. The Bertz CT molecular complexity index is 1140. The summed E-state index contributed by atoms with van der Waals surface area (Å²) in [6, 6.07) is 18.4. The fraction of sp³-hybridized carbons (Fsp3) is 0.273. The van der Waals surface area contributed by atoms with Gasteiger partial charge in [0.25, 0.3) is 0 Å². The number of imidazole rings is 1. The SMILES string of the molecule is Cn1c(-c2ccccc2)cnc1SCC(=O)N1CCN(S(=O)(=O)c2ccccc2)CC1. The topological polar surface area (TPSA) is 75.5 Å². The van der Waals surface area contributed by atoms with Crippen LogP contribution in [-0.4, -0.2) is 65.0 Å². The lowest BCUT2D eigenvalue weighted by Crippen LogP contribution is -2.50. The second kappa shape index (κ2) is 9.25. The molecule has 0 bridgehead atoms. The first-order valence-electron chi connectivity index (χ1n) is 10.00. The van der Waals surface area contributed by atoms with E-state index in [0.29, 0.717) is 26.2 Å². The summed E-state index contributed by atoms with van der Waals surface area (Å²) in [6.45, 7) is 1.38. The highest BCUT2D eigenvalue weighted by molar-refractivity contribution is 7.99. The molecule has 1 fully saturated rings. The van der Waals surface area contributed by atoms with E-state index in [2.05, 4.69) is 4.98 Å². The average Bonchev–Trinajstić information content (AvgIpc) is 3.19. The van der Waals surface area contributed by atoms with Gasteiger partial charge in [0.1, 0.15) is 0 Å². The van der Waals surface area contributed by atoms with Crippen molar-refractivity contribution in [1.29, 1.82) is 0 Å². The molecule has 0 spiro atoms. The quantitative estimate of drug-likeness (QED) is 0.533. The summed E-state index contributed by atoms with van der Waals surface area (Å²) < 4.78 is 28.9. The van der Waals surface area contributed by atoms with Crippen molar-refractivity contribution in [3.63, 3.8) is 0 Å². The van der Waals surface area contributed by atoms with Gasteiger partial charge in [-0.25, -0.2) is 13.4 Å². The molecule has 2 heterocycles. The molecule has 1 aromatic heterocycles. The van der Waals surface area contributed by atoms with Crippen molar-refractivity contribution in [2.75, 3.05) is 31.9 Å². The number of amides is 1. The molecule has 0 aliphatic carbocycles. The van der Waals surface area contributed by atoms with E-state index in [9.17, 15) is 13.2 Å². The van der Waals surface area contributed by atoms with Crippen LogP contribution in [0.2, 0.25) is 0 Å². The predicted octanol–water partition coefficient (Wildman–Crippen LogP) is 2.71. The molecule has 1 aliphatic rings. The summed E-state index contributed by atoms with van der Waals surface area (Å²) in [7, 11) is -1.58. The van der Waals surface area contributed by atoms with Gasteiger partial charge in [0, 0.05) is 33.2 Å². The Balaban J connectivity index is 1.33. The largest absolute Gasteiger partial charge is 0.339 e. The average molecular weight is 457 g/mol. The number of sulfonamides is 1. The normalized spacial score (nSPS) is 15.2. The number of hydrogen-bond donors (Lipinski definition) is 0. The first-order valence-corrected chi connectivity index (χ1v) is 12.4. The summed E-state index contributed by atoms with van der Waals surface area (Å²) in [5.41, 5.74) is 2.07. The van der Waals surface area contributed by atoms with E-state index in [1.807, 2.05) is 48.1 Å². The van der Waals surface area contributed by atoms with Gasteiger partial charge in [0.2, 0.25) is 15.9 Å². The molecule has 0 unspecified atom stereocenters. The van der Waals surface area contributed by atoms with Crippen molar-refractivity contribution in [3.8, 4) is 11.3 Å². The van der Waals surface area contributed by atoms with Gasteiger partial charge in [-0.2, -0.15) is 4.31 Å². The summed E-state index contributed by atoms with van der Waals surface area (Å²) in [4.78, 5) is 19.2. The molecule has 0 radical (unpaired) electrons. The number of carbonyl (C=O) groups is 1. The number of aromatic nitrogens is 2. The molecule has 1 aliphatic heterocycles. The van der Waals surface area contributed by atoms with Crippen LogP contribution in [0.5, 0.6) is 0 Å². The predicted molar refractivity (Wildman–Crippen MR) is 121 cm³/mol. The molecule has 9 heteroatoms. The van der Waals surface area contributed by atoms with E-state index in [0.717, 1.165) is 16.4 Å². The number of carbonyl (C=O) groups excluding carboxylic acids is 1. The maximum absolute atomic E-state index is 12.7. The van der Waals surface area contributed by atoms with Crippen molar-refractivity contribution in [3.05, 3.63) is 66.9 Å². The maximum atomic E-state index is 12.7. The van der Waals surface area contributed by atoms with Gasteiger partial charge in [-0.15, -0.1) is 0 Å². The minimum atomic E-state index is -3.52. The van der Waals surface area contributed by atoms with Crippen LogP contribution in [0.1, 0.15) is 0 Å². The Labute approximate surface area is 186 Å². The molecule has 0 atom stereocenters. The molecule has 2 aromatic carbocycles. The lowest BCUT2D eigenvalue weighted by molar-refractivity contribution is -0.129. The monoisotopic (exact) mass is 456 g/mol. The molecule has 31 heavy (non-hydrogen) atoms. The van der Waals surface area contributed by atoms with Gasteiger partial charge in [-0.1, -0.05) is 60.3 Å². The fourth-order valence-electron chi connectivity index (χ4n) is 3.54. The molecule has 162 valence electrons. The van der Waals surface area contributed by atoms with Gasteiger partial charge < -0.3 is 9.47 Å². The number of hydrogen-bond acceptors (Lipinski definition) is 5. The summed E-state index contributed by atoms with van der Waals surface area (Å²) in [5, 5.41) is 0.775. The zero-order chi connectivity index (χ0) is 21.8. The Hall–Kier alpha value is -2.62. The second-order valence-corrected chi connectivity index (χ2v) is 10.1. The van der Waals surface area contributed by atoms with Crippen LogP contribution >= 0.6 is 11.8 Å². The summed E-state index contributed by atoms with van der Waals surface area (Å²) in [5.74, 6) is 0.260. The van der Waals surface area contributed by atoms with Crippen LogP contribution < -0.4 is 0 Å². The summed E-state index contributed by atoms with van der Waals surface area (Å²) >= 11 is 1.40. The van der Waals surface area contributed by atoms with Gasteiger partial charge in [-0.05, 0) is 17.7 Å². The third-order valence-electron chi connectivity index (χ3n) is 5.31. The Kier molecular flexibility index (Phi) is 6.45. The fourth-order valence-corrected chi connectivity index (χ4v) is 5.84. The first kappa shape index (κ1) is 21.6. The van der Waals surface area contributed by atoms with E-state index in [1.54, 1.807) is 35.2 Å². The highest BCUT2D eigenvalue weighted by Crippen LogP contribution is 2.25. The molecule has 7 nitrogen and oxygen atoms in total. The number of rotatable bonds is 6. The van der Waals surface area contributed by atoms with Gasteiger partial charge in [-0.3, -0.25) is 4.79 Å². The molecule has 3 aromatic rings. The Morgan fingerprint density at radius 1 is 0.968 bits per heavy atom. The maximum Gasteiger partial charge on any atom is 0.243 e. The third kappa shape index (κ3) is 4.68. The first-order chi connectivity index (χ1) is 15.0. The van der Waals surface area contributed by atoms with Crippen LogP contribution in [0, 0.1) is 0 Å². The van der Waals surface area contributed by atoms with Crippen LogP contribution in [0.15, 0.2) is 76.9 Å². The van der Waals surface area contributed by atoms with Gasteiger partial charge >= 0.3 is 0 Å². The van der Waals surface area contributed by atoms with Gasteiger partial charge in [0.05, 0.1) is 22.5 Å². The zero-order valence-corrected chi connectivity index (χ0v) is 18.8. The van der Waals surface area contributed by atoms with Crippen molar-refractivity contribution in [2.24, 2.45) is 7.05 Å². The summed E-state index contributed by atoms with van der Waals surface area (Å²) in [6.07, 6.45) is 1.81. The van der Waals surface area contributed by atoms with Crippen molar-refractivity contribution in [1.82, 2.24) is 18.8 Å². The van der Waals surface area contributed by atoms with Crippen LogP contribution in [-0.2, 0) is 21.9 Å². The highest BCUT2D eigenvalue weighted by atomic mass is 32.2. The number of piperazine rings is 1. The zero-order valence-electron chi connectivity index (χ0n) is 17.2. The number of benzene rings is 2.